The Bertz CT molecular complexity index is 599. The Balaban J connectivity index is 2.05. The van der Waals surface area contributed by atoms with Gasteiger partial charge in [0.25, 0.3) is 0 Å². The Hall–Kier alpha value is -1.33. The van der Waals surface area contributed by atoms with Crippen molar-refractivity contribution >= 4 is 11.3 Å². The van der Waals surface area contributed by atoms with Gasteiger partial charge < -0.3 is 5.11 Å². The van der Waals surface area contributed by atoms with E-state index in [-0.39, 0.29) is 17.4 Å². The fraction of sp³-hybridized carbons (Fsp3) is 0.438. The number of benzene rings is 1. The molecule has 2 nitrogen and oxygen atoms in total. The second-order valence-electron chi connectivity index (χ2n) is 6.14. The van der Waals surface area contributed by atoms with Gasteiger partial charge in [0.1, 0.15) is 11.6 Å². The van der Waals surface area contributed by atoms with Crippen LogP contribution in [0.5, 0.6) is 0 Å². The number of hydrogen-bond donors (Lipinski definition) is 1. The molecule has 2 rings (SSSR count). The molecule has 0 amide bonds. The molecule has 114 valence electrons. The van der Waals surface area contributed by atoms with Crippen molar-refractivity contribution in [1.29, 1.82) is 0 Å². The first kappa shape index (κ1) is 16.0. The first-order valence-corrected chi connectivity index (χ1v) is 7.71. The minimum atomic E-state index is -0.852. The SMILES string of the molecule is CC(C)(C)c1csc(CC(O)Cc2c(F)cccc2F)n1. The highest BCUT2D eigenvalue weighted by Gasteiger charge is 2.19. The Labute approximate surface area is 127 Å². The second kappa shape index (κ2) is 6.20. The summed E-state index contributed by atoms with van der Waals surface area (Å²) in [4.78, 5) is 4.48. The molecule has 0 bridgehead atoms. The predicted molar refractivity (Wildman–Crippen MR) is 80.6 cm³/mol. The number of halogens is 2. The lowest BCUT2D eigenvalue weighted by Gasteiger charge is -2.14. The van der Waals surface area contributed by atoms with Crippen LogP contribution in [0.1, 0.15) is 37.0 Å². The monoisotopic (exact) mass is 311 g/mol. The quantitative estimate of drug-likeness (QED) is 0.930. The predicted octanol–water partition coefficient (Wildman–Crippen LogP) is 3.86. The largest absolute Gasteiger partial charge is 0.392 e. The summed E-state index contributed by atoms with van der Waals surface area (Å²) in [7, 11) is 0. The summed E-state index contributed by atoms with van der Waals surface area (Å²) < 4.78 is 27.1. The molecule has 1 unspecified atom stereocenters. The molecule has 1 atom stereocenters. The summed E-state index contributed by atoms with van der Waals surface area (Å²) in [5.41, 5.74) is 0.849. The maximum absolute atomic E-state index is 13.5. The zero-order chi connectivity index (χ0) is 15.6. The molecular weight excluding hydrogens is 292 g/mol. The zero-order valence-electron chi connectivity index (χ0n) is 12.4. The van der Waals surface area contributed by atoms with Crippen molar-refractivity contribution in [2.45, 2.75) is 45.1 Å². The van der Waals surface area contributed by atoms with Crippen molar-refractivity contribution in [3.63, 3.8) is 0 Å². The smallest absolute Gasteiger partial charge is 0.129 e. The third-order valence-corrected chi connectivity index (χ3v) is 4.10. The van der Waals surface area contributed by atoms with Gasteiger partial charge in [0, 0.05) is 29.2 Å². The molecule has 5 heteroatoms. The van der Waals surface area contributed by atoms with Crippen LogP contribution in [0.2, 0.25) is 0 Å². The Morgan fingerprint density at radius 3 is 2.33 bits per heavy atom. The molecule has 1 aromatic carbocycles. The normalized spacial score (nSPS) is 13.4. The molecule has 0 radical (unpaired) electrons. The van der Waals surface area contributed by atoms with Gasteiger partial charge in [0.2, 0.25) is 0 Å². The summed E-state index contributed by atoms with van der Waals surface area (Å²) in [6.07, 6.45) is -0.604. The minimum Gasteiger partial charge on any atom is -0.392 e. The standard InChI is InChI=1S/C16H19F2NOS/c1-16(2,3)14-9-21-15(19-14)8-10(20)7-11-12(17)5-4-6-13(11)18/h4-6,9-10,20H,7-8H2,1-3H3. The molecule has 2 aromatic rings. The first-order chi connectivity index (χ1) is 9.77. The number of hydrogen-bond acceptors (Lipinski definition) is 3. The fourth-order valence-corrected chi connectivity index (χ4v) is 3.08. The summed E-state index contributed by atoms with van der Waals surface area (Å²) in [5, 5.41) is 12.8. The third-order valence-electron chi connectivity index (χ3n) is 3.23. The van der Waals surface area contributed by atoms with E-state index in [1.807, 2.05) is 5.38 Å². The van der Waals surface area contributed by atoms with Crippen LogP contribution in [0.3, 0.4) is 0 Å². The van der Waals surface area contributed by atoms with Crippen molar-refractivity contribution in [3.05, 3.63) is 51.5 Å². The molecule has 0 aliphatic rings. The number of rotatable bonds is 4. The van der Waals surface area contributed by atoms with E-state index in [2.05, 4.69) is 25.8 Å². The van der Waals surface area contributed by atoms with E-state index in [9.17, 15) is 13.9 Å². The highest BCUT2D eigenvalue weighted by molar-refractivity contribution is 7.09. The van der Waals surface area contributed by atoms with Crippen LogP contribution in [-0.4, -0.2) is 16.2 Å². The van der Waals surface area contributed by atoms with Gasteiger partial charge in [0.05, 0.1) is 16.8 Å². The molecule has 0 saturated heterocycles. The Morgan fingerprint density at radius 2 is 1.81 bits per heavy atom. The molecule has 1 N–H and O–H groups in total. The molecule has 0 fully saturated rings. The van der Waals surface area contributed by atoms with Gasteiger partial charge in [-0.15, -0.1) is 11.3 Å². The van der Waals surface area contributed by atoms with Gasteiger partial charge in [-0.25, -0.2) is 13.8 Å². The zero-order valence-corrected chi connectivity index (χ0v) is 13.2. The van der Waals surface area contributed by atoms with Crippen LogP contribution in [0.4, 0.5) is 8.78 Å². The van der Waals surface area contributed by atoms with Gasteiger partial charge in [-0.1, -0.05) is 26.8 Å². The van der Waals surface area contributed by atoms with Gasteiger partial charge in [-0.2, -0.15) is 0 Å². The van der Waals surface area contributed by atoms with Gasteiger partial charge in [-0.05, 0) is 12.1 Å². The lowest BCUT2D eigenvalue weighted by Crippen LogP contribution is -2.17. The van der Waals surface area contributed by atoms with E-state index in [4.69, 9.17) is 0 Å². The van der Waals surface area contributed by atoms with Crippen LogP contribution >= 0.6 is 11.3 Å². The molecule has 0 spiro atoms. The van der Waals surface area contributed by atoms with Crippen LogP contribution in [0.25, 0.3) is 0 Å². The van der Waals surface area contributed by atoms with Crippen molar-refractivity contribution < 1.29 is 13.9 Å². The average molecular weight is 311 g/mol. The highest BCUT2D eigenvalue weighted by Crippen LogP contribution is 2.25. The summed E-state index contributed by atoms with van der Waals surface area (Å²) in [6, 6.07) is 3.72. The maximum Gasteiger partial charge on any atom is 0.129 e. The second-order valence-corrected chi connectivity index (χ2v) is 7.08. The van der Waals surface area contributed by atoms with E-state index in [0.717, 1.165) is 10.7 Å². The van der Waals surface area contributed by atoms with E-state index in [0.29, 0.717) is 6.42 Å². The summed E-state index contributed by atoms with van der Waals surface area (Å²) in [6.45, 7) is 6.20. The Morgan fingerprint density at radius 1 is 1.19 bits per heavy atom. The van der Waals surface area contributed by atoms with E-state index in [1.165, 1.54) is 29.5 Å². The van der Waals surface area contributed by atoms with Crippen molar-refractivity contribution in [2.24, 2.45) is 0 Å². The van der Waals surface area contributed by atoms with E-state index < -0.39 is 17.7 Å². The lowest BCUT2D eigenvalue weighted by molar-refractivity contribution is 0.172. The Kier molecular flexibility index (Phi) is 4.74. The summed E-state index contributed by atoms with van der Waals surface area (Å²) in [5.74, 6) is -1.24. The number of aliphatic hydroxyl groups is 1. The van der Waals surface area contributed by atoms with E-state index >= 15 is 0 Å². The third kappa shape index (κ3) is 4.08. The lowest BCUT2D eigenvalue weighted by atomic mass is 9.93. The highest BCUT2D eigenvalue weighted by atomic mass is 32.1. The van der Waals surface area contributed by atoms with Crippen molar-refractivity contribution in [2.75, 3.05) is 0 Å². The van der Waals surface area contributed by atoms with Crippen molar-refractivity contribution in [1.82, 2.24) is 4.98 Å². The molecule has 1 heterocycles. The molecule has 1 aromatic heterocycles. The summed E-state index contributed by atoms with van der Waals surface area (Å²) >= 11 is 1.47. The van der Waals surface area contributed by atoms with E-state index in [1.54, 1.807) is 0 Å². The van der Waals surface area contributed by atoms with Gasteiger partial charge in [-0.3, -0.25) is 0 Å². The van der Waals surface area contributed by atoms with Crippen LogP contribution in [0, 0.1) is 11.6 Å². The molecule has 21 heavy (non-hydrogen) atoms. The molecule has 0 aliphatic carbocycles. The number of aliphatic hydroxyl groups excluding tert-OH is 1. The fourth-order valence-electron chi connectivity index (χ4n) is 1.99. The van der Waals surface area contributed by atoms with Crippen LogP contribution in [-0.2, 0) is 18.3 Å². The number of aromatic nitrogens is 1. The number of nitrogens with zero attached hydrogens (tertiary/aromatic N) is 1. The molecule has 0 saturated carbocycles. The first-order valence-electron chi connectivity index (χ1n) is 6.83. The maximum atomic E-state index is 13.5. The van der Waals surface area contributed by atoms with Crippen molar-refractivity contribution in [3.8, 4) is 0 Å². The molecule has 0 aliphatic heterocycles. The molecular formula is C16H19F2NOS. The topological polar surface area (TPSA) is 33.1 Å². The van der Waals surface area contributed by atoms with Gasteiger partial charge >= 0.3 is 0 Å². The number of thiazole rings is 1. The minimum absolute atomic E-state index is 0.0443. The van der Waals surface area contributed by atoms with Gasteiger partial charge in [0.15, 0.2) is 0 Å². The van der Waals surface area contributed by atoms with Crippen LogP contribution < -0.4 is 0 Å². The average Bonchev–Trinajstić information content (AvgIpc) is 2.82. The van der Waals surface area contributed by atoms with Crippen LogP contribution in [0.15, 0.2) is 23.6 Å².